The van der Waals surface area contributed by atoms with Crippen molar-refractivity contribution in [2.75, 3.05) is 0 Å². The Morgan fingerprint density at radius 1 is 0.457 bits per heavy atom. The SMILES string of the molecule is CC(=O)[O-].CC(=O)[O-].CC(C)[CH2][Al]([CH2]C(C)C)[CH2]C(C)C.CC(C)[CH2][Al]([CH2]C(C)C)[CH2]C(C)C.[Ni+2]. The van der Waals surface area contributed by atoms with E-state index < -0.39 is 40.2 Å². The predicted octanol–water partition coefficient (Wildman–Crippen LogP) is 6.41. The van der Waals surface area contributed by atoms with Crippen molar-refractivity contribution in [1.29, 1.82) is 0 Å². The molecule has 0 aliphatic carbocycles. The maximum Gasteiger partial charge on any atom is 2.00 e. The first-order chi connectivity index (χ1) is 15.3. The van der Waals surface area contributed by atoms with Gasteiger partial charge in [-0.15, -0.1) is 0 Å². The molecule has 0 aliphatic heterocycles. The van der Waals surface area contributed by atoms with Gasteiger partial charge in [-0.1, -0.05) is 150 Å². The van der Waals surface area contributed by atoms with Gasteiger partial charge in [0.2, 0.25) is 0 Å². The molecule has 0 heterocycles. The molecule has 0 atom stereocenters. The van der Waals surface area contributed by atoms with E-state index in [4.69, 9.17) is 19.8 Å². The third-order valence-electron chi connectivity index (χ3n) is 4.83. The number of rotatable bonds is 12. The molecule has 0 fully saturated rings. The van der Waals surface area contributed by atoms with Crippen LogP contribution >= 0.6 is 0 Å². The van der Waals surface area contributed by atoms with E-state index in [1.165, 1.54) is 0 Å². The molecule has 0 unspecified atom stereocenters. The number of carbonyl (C=O) groups excluding carboxylic acids is 2. The Kier molecular flexibility index (Phi) is 37.7. The summed E-state index contributed by atoms with van der Waals surface area (Å²) in [6, 6.07) is 0. The van der Waals surface area contributed by atoms with Crippen molar-refractivity contribution in [2.24, 2.45) is 35.5 Å². The summed E-state index contributed by atoms with van der Waals surface area (Å²) in [5, 5.41) is 27.1. The predicted molar refractivity (Wildman–Crippen MR) is 151 cm³/mol. The zero-order chi connectivity index (χ0) is 28.0. The van der Waals surface area contributed by atoms with Crippen LogP contribution in [-0.4, -0.2) is 40.2 Å². The maximum absolute atomic E-state index is 8.89. The summed E-state index contributed by atoms with van der Waals surface area (Å²) in [6.07, 6.45) is 0. The third kappa shape index (κ3) is 60.7. The first-order valence-corrected chi connectivity index (χ1v) is 18.5. The van der Waals surface area contributed by atoms with Crippen LogP contribution in [0.25, 0.3) is 0 Å². The fraction of sp³-hybridized carbons (Fsp3) is 0.929. The van der Waals surface area contributed by atoms with Gasteiger partial charge in [-0.2, -0.15) is 0 Å². The van der Waals surface area contributed by atoms with Gasteiger partial charge >= 0.3 is 16.5 Å². The molecule has 0 N–H and O–H groups in total. The van der Waals surface area contributed by atoms with Crippen LogP contribution in [0.15, 0.2) is 0 Å². The quantitative estimate of drug-likeness (QED) is 0.253. The van der Waals surface area contributed by atoms with Crippen molar-refractivity contribution >= 4 is 40.2 Å². The molecule has 0 saturated carbocycles. The zero-order valence-electron chi connectivity index (χ0n) is 25.8. The minimum atomic E-state index is -1.08. The topological polar surface area (TPSA) is 80.3 Å². The Morgan fingerprint density at radius 3 is 0.600 bits per heavy atom. The van der Waals surface area contributed by atoms with Crippen LogP contribution in [0.5, 0.6) is 0 Å². The van der Waals surface area contributed by atoms with Crippen LogP contribution in [0.3, 0.4) is 0 Å². The van der Waals surface area contributed by atoms with Crippen LogP contribution in [0.2, 0.25) is 31.7 Å². The van der Waals surface area contributed by atoms with Crippen LogP contribution in [0.1, 0.15) is 96.9 Å². The Labute approximate surface area is 239 Å². The van der Waals surface area contributed by atoms with Crippen LogP contribution < -0.4 is 10.2 Å². The molecule has 0 aliphatic rings. The van der Waals surface area contributed by atoms with Crippen molar-refractivity contribution in [3.8, 4) is 0 Å². The molecular formula is C28H60Al2NiO4. The molecule has 0 rings (SSSR count). The molecule has 0 saturated heterocycles. The standard InChI is InChI=1S/6C4H9.2C2H4O2.2Al.Ni/c6*1-4(2)3;2*1-2(3)4;;;/h6*4H,1H2,2-3H3;2*1H3,(H,3,4);;;/q;;;;;;;;;;+2/p-2. The molecule has 0 spiro atoms. The summed E-state index contributed by atoms with van der Waals surface area (Å²) in [6.45, 7) is 30.5. The van der Waals surface area contributed by atoms with Gasteiger partial charge in [0, 0.05) is 11.9 Å². The van der Waals surface area contributed by atoms with Gasteiger partial charge in [0.15, 0.2) is 0 Å². The molecule has 212 valence electrons. The molecule has 4 nitrogen and oxygen atoms in total. The van der Waals surface area contributed by atoms with Crippen molar-refractivity contribution < 1.29 is 36.3 Å². The van der Waals surface area contributed by atoms with E-state index in [2.05, 4.69) is 83.1 Å². The van der Waals surface area contributed by atoms with Gasteiger partial charge in [0.1, 0.15) is 0 Å². The minimum Gasteiger partial charge on any atom is -0.550 e. The third-order valence-corrected chi connectivity index (χ3v) is 14.5. The van der Waals surface area contributed by atoms with E-state index in [1.54, 1.807) is 31.7 Å². The average molecular weight is 573 g/mol. The Bertz CT molecular complexity index is 370. The summed E-state index contributed by atoms with van der Waals surface area (Å²) in [5.74, 6) is 3.38. The molecular weight excluding hydrogens is 513 g/mol. The zero-order valence-corrected chi connectivity index (χ0v) is 29.1. The number of hydrogen-bond acceptors (Lipinski definition) is 4. The van der Waals surface area contributed by atoms with Crippen LogP contribution in [0.4, 0.5) is 0 Å². The number of carbonyl (C=O) groups is 2. The molecule has 0 aromatic heterocycles. The Balaban J connectivity index is -0.000000128. The smallest absolute Gasteiger partial charge is 0.550 e. The van der Waals surface area contributed by atoms with Crippen LogP contribution in [-0.2, 0) is 26.1 Å². The van der Waals surface area contributed by atoms with Crippen molar-refractivity contribution in [3.05, 3.63) is 0 Å². The second-order valence-corrected chi connectivity index (χ2v) is 18.8. The van der Waals surface area contributed by atoms with E-state index in [0.29, 0.717) is 0 Å². The summed E-state index contributed by atoms with van der Waals surface area (Å²) in [5.41, 5.74) is 0. The van der Waals surface area contributed by atoms with E-state index in [9.17, 15) is 0 Å². The largest absolute Gasteiger partial charge is 2.00 e. The minimum absolute atomic E-state index is 0. The molecule has 0 aromatic carbocycles. The number of carboxylic acids is 2. The first-order valence-electron chi connectivity index (χ1n) is 13.6. The summed E-state index contributed by atoms with van der Waals surface area (Å²) in [7, 11) is 0. The van der Waals surface area contributed by atoms with Gasteiger partial charge in [0.25, 0.3) is 28.3 Å². The fourth-order valence-corrected chi connectivity index (χ4v) is 13.7. The number of aliphatic carboxylic acids is 2. The van der Waals surface area contributed by atoms with Crippen molar-refractivity contribution in [1.82, 2.24) is 0 Å². The van der Waals surface area contributed by atoms with Gasteiger partial charge in [-0.25, -0.2) is 0 Å². The molecule has 0 aromatic rings. The van der Waals surface area contributed by atoms with Gasteiger partial charge < -0.3 is 19.8 Å². The Morgan fingerprint density at radius 2 is 0.543 bits per heavy atom. The maximum atomic E-state index is 8.89. The second-order valence-electron chi connectivity index (χ2n) is 12.5. The second kappa shape index (κ2) is 29.1. The van der Waals surface area contributed by atoms with E-state index in [0.717, 1.165) is 49.4 Å². The molecule has 35 heavy (non-hydrogen) atoms. The molecule has 0 radical (unpaired) electrons. The number of carboxylic acid groups (broad SMARTS) is 2. The van der Waals surface area contributed by atoms with E-state index >= 15 is 0 Å². The average Bonchev–Trinajstić information content (AvgIpc) is 2.49. The summed E-state index contributed by atoms with van der Waals surface area (Å²) >= 11 is -0.815. The van der Waals surface area contributed by atoms with E-state index in [-0.39, 0.29) is 16.5 Å². The van der Waals surface area contributed by atoms with Crippen molar-refractivity contribution in [3.63, 3.8) is 0 Å². The Hall–Kier alpha value is 0.498. The molecule has 0 amide bonds. The van der Waals surface area contributed by atoms with E-state index in [1.807, 2.05) is 0 Å². The van der Waals surface area contributed by atoms with Gasteiger partial charge in [0.05, 0.1) is 0 Å². The van der Waals surface area contributed by atoms with Crippen molar-refractivity contribution in [2.45, 2.75) is 129 Å². The number of hydrogen-bond donors (Lipinski definition) is 0. The monoisotopic (exact) mass is 572 g/mol. The normalized spacial score (nSPS) is 10.2. The van der Waals surface area contributed by atoms with Gasteiger partial charge in [-0.3, -0.25) is 0 Å². The van der Waals surface area contributed by atoms with Gasteiger partial charge in [-0.05, 0) is 13.8 Å². The summed E-state index contributed by atoms with van der Waals surface area (Å²) in [4.78, 5) is 17.8. The molecule has 0 bridgehead atoms. The first kappa shape index (κ1) is 45.4. The summed E-state index contributed by atoms with van der Waals surface area (Å²) < 4.78 is 0. The van der Waals surface area contributed by atoms with Crippen LogP contribution in [0, 0.1) is 35.5 Å². The molecule has 7 heteroatoms. The fourth-order valence-electron chi connectivity index (χ4n) is 4.58.